The average Bonchev–Trinajstić information content (AvgIpc) is 3.15. The van der Waals surface area contributed by atoms with E-state index in [9.17, 15) is 14.7 Å². The zero-order valence-electron chi connectivity index (χ0n) is 18.8. The summed E-state index contributed by atoms with van der Waals surface area (Å²) in [7, 11) is 0. The van der Waals surface area contributed by atoms with E-state index in [0.29, 0.717) is 48.9 Å². The smallest absolute Gasteiger partial charge is 0.306 e. The van der Waals surface area contributed by atoms with Crippen LogP contribution in [0.4, 0.5) is 0 Å². The van der Waals surface area contributed by atoms with Crippen molar-refractivity contribution in [3.05, 3.63) is 63.4 Å². The van der Waals surface area contributed by atoms with E-state index in [0.717, 1.165) is 41.6 Å². The van der Waals surface area contributed by atoms with Gasteiger partial charge in [0.1, 0.15) is 5.65 Å². The van der Waals surface area contributed by atoms with Crippen molar-refractivity contribution in [2.24, 2.45) is 11.8 Å². The van der Waals surface area contributed by atoms with Gasteiger partial charge >= 0.3 is 5.97 Å². The molecule has 0 radical (unpaired) electrons. The van der Waals surface area contributed by atoms with E-state index in [1.54, 1.807) is 12.3 Å². The Balaban J connectivity index is 1.36. The summed E-state index contributed by atoms with van der Waals surface area (Å²) in [4.78, 5) is 31.0. The number of halogens is 2. The summed E-state index contributed by atoms with van der Waals surface area (Å²) in [5, 5.41) is 11.4. The Morgan fingerprint density at radius 2 is 1.88 bits per heavy atom. The molecule has 3 heterocycles. The number of carboxylic acid groups (broad SMARTS) is 1. The van der Waals surface area contributed by atoms with Gasteiger partial charge in [-0.1, -0.05) is 29.3 Å². The molecule has 1 N–H and O–H groups in total. The lowest BCUT2D eigenvalue weighted by atomic mass is 9.80. The lowest BCUT2D eigenvalue weighted by Crippen LogP contribution is -2.38. The largest absolute Gasteiger partial charge is 0.481 e. The number of aromatic nitrogens is 2. The van der Waals surface area contributed by atoms with Crippen LogP contribution in [0, 0.1) is 11.8 Å². The molecule has 8 heteroatoms. The van der Waals surface area contributed by atoms with Gasteiger partial charge in [0.25, 0.3) is 0 Å². The molecule has 34 heavy (non-hydrogen) atoms. The Labute approximate surface area is 208 Å². The summed E-state index contributed by atoms with van der Waals surface area (Å²) >= 11 is 12.4. The molecule has 2 aromatic heterocycles. The highest BCUT2D eigenvalue weighted by atomic mass is 35.5. The first-order valence-corrected chi connectivity index (χ1v) is 12.6. The summed E-state index contributed by atoms with van der Waals surface area (Å²) < 4.78 is 2.20. The van der Waals surface area contributed by atoms with Crippen LogP contribution in [0.5, 0.6) is 0 Å². The number of hydrogen-bond donors (Lipinski definition) is 1. The number of pyridine rings is 1. The molecule has 1 aliphatic carbocycles. The second-order valence-corrected chi connectivity index (χ2v) is 10.3. The number of carboxylic acids is 1. The Morgan fingerprint density at radius 3 is 2.62 bits per heavy atom. The number of rotatable bonds is 5. The molecule has 1 aromatic carbocycles. The maximum absolute atomic E-state index is 13.2. The van der Waals surface area contributed by atoms with Crippen LogP contribution < -0.4 is 0 Å². The number of carbonyl (C=O) groups is 2. The van der Waals surface area contributed by atoms with Crippen LogP contribution >= 0.6 is 23.2 Å². The fourth-order valence-corrected chi connectivity index (χ4v) is 5.77. The molecule has 1 amide bonds. The fourth-order valence-electron chi connectivity index (χ4n) is 5.45. The van der Waals surface area contributed by atoms with Crippen LogP contribution in [0.1, 0.15) is 48.9 Å². The van der Waals surface area contributed by atoms with Crippen LogP contribution in [0.3, 0.4) is 0 Å². The standard InChI is InChI=1S/C26H27Cl2N3O3/c27-21-8-5-17(12-22(21)28)14-31-23-15-30(11-9-19(23)20-2-1-10-29-25(20)31)24(32)13-16-3-6-18(7-4-16)26(33)34/h1-2,5,8,10,12,16,18H,3-4,6-7,9,11,13-15H2,(H,33,34). The summed E-state index contributed by atoms with van der Waals surface area (Å²) in [5.74, 6) is -0.540. The predicted molar refractivity (Wildman–Crippen MR) is 132 cm³/mol. The van der Waals surface area contributed by atoms with Crippen LogP contribution in [-0.4, -0.2) is 38.0 Å². The molecule has 0 saturated heterocycles. The molecule has 5 rings (SSSR count). The molecule has 3 aromatic rings. The van der Waals surface area contributed by atoms with Gasteiger partial charge in [-0.3, -0.25) is 9.59 Å². The molecule has 6 nitrogen and oxygen atoms in total. The second kappa shape index (κ2) is 9.59. The number of aliphatic carboxylic acids is 1. The minimum atomic E-state index is -0.711. The molecule has 1 saturated carbocycles. The SMILES string of the molecule is O=C(O)C1CCC(CC(=O)N2CCc3c(n(Cc4ccc(Cl)c(Cl)c4)c4ncccc34)C2)CC1. The van der Waals surface area contributed by atoms with E-state index >= 15 is 0 Å². The van der Waals surface area contributed by atoms with Gasteiger partial charge in [0.2, 0.25) is 5.91 Å². The number of benzene rings is 1. The number of fused-ring (bicyclic) bond motifs is 3. The van der Waals surface area contributed by atoms with Gasteiger partial charge in [0.15, 0.2) is 0 Å². The van der Waals surface area contributed by atoms with Crippen LogP contribution in [0.2, 0.25) is 10.0 Å². The van der Waals surface area contributed by atoms with Crippen molar-refractivity contribution in [2.45, 2.75) is 51.6 Å². The van der Waals surface area contributed by atoms with E-state index < -0.39 is 5.97 Å². The zero-order chi connectivity index (χ0) is 23.8. The zero-order valence-corrected chi connectivity index (χ0v) is 20.4. The monoisotopic (exact) mass is 499 g/mol. The van der Waals surface area contributed by atoms with Crippen LogP contribution in [-0.2, 0) is 29.1 Å². The maximum atomic E-state index is 13.2. The van der Waals surface area contributed by atoms with Gasteiger partial charge in [-0.05, 0) is 73.4 Å². The highest BCUT2D eigenvalue weighted by Gasteiger charge is 2.31. The predicted octanol–water partition coefficient (Wildman–Crippen LogP) is 5.56. The molecule has 0 spiro atoms. The molecular weight excluding hydrogens is 473 g/mol. The van der Waals surface area contributed by atoms with E-state index in [1.807, 2.05) is 23.1 Å². The van der Waals surface area contributed by atoms with Crippen LogP contribution in [0.25, 0.3) is 11.0 Å². The van der Waals surface area contributed by atoms with Crippen molar-refractivity contribution in [2.75, 3.05) is 6.54 Å². The Hall–Kier alpha value is -2.57. The van der Waals surface area contributed by atoms with Crippen molar-refractivity contribution in [1.82, 2.24) is 14.5 Å². The third-order valence-corrected chi connectivity index (χ3v) is 8.09. The summed E-state index contributed by atoms with van der Waals surface area (Å²) in [6.07, 6.45) is 6.04. The average molecular weight is 500 g/mol. The summed E-state index contributed by atoms with van der Waals surface area (Å²) in [5.41, 5.74) is 4.32. The van der Waals surface area contributed by atoms with Crippen LogP contribution in [0.15, 0.2) is 36.5 Å². The highest BCUT2D eigenvalue weighted by molar-refractivity contribution is 6.42. The topological polar surface area (TPSA) is 75.4 Å². The van der Waals surface area contributed by atoms with E-state index in [2.05, 4.69) is 15.6 Å². The number of hydrogen-bond acceptors (Lipinski definition) is 3. The first-order chi connectivity index (χ1) is 16.4. The van der Waals surface area contributed by atoms with Crippen molar-refractivity contribution >= 4 is 46.1 Å². The highest BCUT2D eigenvalue weighted by Crippen LogP contribution is 2.34. The third-order valence-electron chi connectivity index (χ3n) is 7.35. The number of amides is 1. The molecule has 0 atom stereocenters. The molecule has 0 unspecified atom stereocenters. The maximum Gasteiger partial charge on any atom is 0.306 e. The fraction of sp³-hybridized carbons (Fsp3) is 0.423. The van der Waals surface area contributed by atoms with Gasteiger partial charge in [0, 0.05) is 36.8 Å². The first kappa shape index (κ1) is 23.2. The number of carbonyl (C=O) groups excluding carboxylic acids is 1. The van der Waals surface area contributed by atoms with E-state index in [1.165, 1.54) is 5.56 Å². The first-order valence-electron chi connectivity index (χ1n) is 11.8. The Morgan fingerprint density at radius 1 is 1.09 bits per heavy atom. The quantitative estimate of drug-likeness (QED) is 0.498. The molecule has 0 bridgehead atoms. The molecular formula is C26H27Cl2N3O3. The summed E-state index contributed by atoms with van der Waals surface area (Å²) in [6, 6.07) is 9.71. The van der Waals surface area contributed by atoms with Gasteiger partial charge in [-0.2, -0.15) is 0 Å². The normalized spacial score (nSPS) is 20.4. The Bertz CT molecular complexity index is 1250. The second-order valence-electron chi connectivity index (χ2n) is 9.46. The van der Waals surface area contributed by atoms with Crippen molar-refractivity contribution in [3.63, 3.8) is 0 Å². The van der Waals surface area contributed by atoms with Gasteiger partial charge in [0.05, 0.1) is 22.5 Å². The summed E-state index contributed by atoms with van der Waals surface area (Å²) in [6.45, 7) is 1.84. The molecule has 178 valence electrons. The lowest BCUT2D eigenvalue weighted by Gasteiger charge is -2.31. The minimum Gasteiger partial charge on any atom is -0.481 e. The van der Waals surface area contributed by atoms with Gasteiger partial charge < -0.3 is 14.6 Å². The molecule has 1 aliphatic heterocycles. The third kappa shape index (κ3) is 4.53. The van der Waals surface area contributed by atoms with Crippen molar-refractivity contribution in [3.8, 4) is 0 Å². The van der Waals surface area contributed by atoms with Crippen molar-refractivity contribution in [1.29, 1.82) is 0 Å². The molecule has 2 aliphatic rings. The van der Waals surface area contributed by atoms with E-state index in [4.69, 9.17) is 23.2 Å². The van der Waals surface area contributed by atoms with E-state index in [-0.39, 0.29) is 17.7 Å². The minimum absolute atomic E-state index is 0.156. The lowest BCUT2D eigenvalue weighted by molar-refractivity contribution is -0.143. The van der Waals surface area contributed by atoms with Gasteiger partial charge in [-0.25, -0.2) is 4.98 Å². The number of nitrogens with zero attached hydrogens (tertiary/aromatic N) is 3. The van der Waals surface area contributed by atoms with Crippen molar-refractivity contribution < 1.29 is 14.7 Å². The van der Waals surface area contributed by atoms with Gasteiger partial charge in [-0.15, -0.1) is 0 Å². The molecule has 1 fully saturated rings. The Kier molecular flexibility index (Phi) is 6.54.